The Bertz CT molecular complexity index is 302. The number of anilines is 1. The molecule has 3 nitrogen and oxygen atoms in total. The molecule has 0 amide bonds. The number of rotatable bonds is 7. The molecular weight excluding hydrogens is 198 g/mol. The Hall–Kier alpha value is -0.990. The van der Waals surface area contributed by atoms with E-state index in [4.69, 9.17) is 5.73 Å². The molecule has 0 saturated carbocycles. The molecule has 0 atom stereocenters. The minimum absolute atomic E-state index is 0.462. The van der Waals surface area contributed by atoms with Crippen LogP contribution in [0.15, 0.2) is 0 Å². The zero-order chi connectivity index (χ0) is 12.0. The number of hydrogen-bond donors (Lipinski definition) is 2. The van der Waals surface area contributed by atoms with Crippen LogP contribution in [-0.4, -0.2) is 10.2 Å². The lowest BCUT2D eigenvalue weighted by molar-refractivity contribution is 0.624. The lowest BCUT2D eigenvalue weighted by Gasteiger charge is -2.07. The van der Waals surface area contributed by atoms with Gasteiger partial charge in [0.15, 0.2) is 0 Å². The summed E-state index contributed by atoms with van der Waals surface area (Å²) in [5.74, 6) is 1.14. The standard InChI is InChI=1S/C13H25N3/c1-4-5-6-7-8-9-11-12(10(2)3)13(14)16-15-11/h10H,4-9H2,1-3H3,(H3,14,15,16). The van der Waals surface area contributed by atoms with Crippen molar-refractivity contribution in [3.8, 4) is 0 Å². The van der Waals surface area contributed by atoms with E-state index in [-0.39, 0.29) is 0 Å². The van der Waals surface area contributed by atoms with Gasteiger partial charge in [-0.3, -0.25) is 5.10 Å². The van der Waals surface area contributed by atoms with Crippen LogP contribution >= 0.6 is 0 Å². The number of aromatic nitrogens is 2. The van der Waals surface area contributed by atoms with Crippen molar-refractivity contribution >= 4 is 5.82 Å². The SMILES string of the molecule is CCCCCCCc1[nH]nc(N)c1C(C)C. The molecule has 3 heteroatoms. The minimum atomic E-state index is 0.462. The Kier molecular flexibility index (Phi) is 5.36. The van der Waals surface area contributed by atoms with Crippen LogP contribution in [0.3, 0.4) is 0 Å². The van der Waals surface area contributed by atoms with Gasteiger partial charge in [0.1, 0.15) is 5.82 Å². The van der Waals surface area contributed by atoms with E-state index < -0.39 is 0 Å². The van der Waals surface area contributed by atoms with Crippen LogP contribution in [0.2, 0.25) is 0 Å². The van der Waals surface area contributed by atoms with Crippen molar-refractivity contribution in [2.24, 2.45) is 0 Å². The van der Waals surface area contributed by atoms with Gasteiger partial charge < -0.3 is 5.73 Å². The molecular formula is C13H25N3. The van der Waals surface area contributed by atoms with Crippen molar-refractivity contribution in [1.29, 1.82) is 0 Å². The molecule has 16 heavy (non-hydrogen) atoms. The summed E-state index contributed by atoms with van der Waals surface area (Å²) in [4.78, 5) is 0. The Labute approximate surface area is 98.8 Å². The molecule has 0 spiro atoms. The van der Waals surface area contributed by atoms with E-state index in [9.17, 15) is 0 Å². The highest BCUT2D eigenvalue weighted by Crippen LogP contribution is 2.24. The summed E-state index contributed by atoms with van der Waals surface area (Å²) >= 11 is 0. The fraction of sp³-hybridized carbons (Fsp3) is 0.769. The first-order valence-electron chi connectivity index (χ1n) is 6.49. The monoisotopic (exact) mass is 223 g/mol. The minimum Gasteiger partial charge on any atom is -0.382 e. The number of nitrogens with one attached hydrogen (secondary N) is 1. The number of H-pyrrole nitrogens is 1. The van der Waals surface area contributed by atoms with Crippen LogP contribution in [0.4, 0.5) is 5.82 Å². The van der Waals surface area contributed by atoms with E-state index in [0.717, 1.165) is 6.42 Å². The van der Waals surface area contributed by atoms with Gasteiger partial charge in [-0.2, -0.15) is 5.10 Å². The number of nitrogens with zero attached hydrogens (tertiary/aromatic N) is 1. The summed E-state index contributed by atoms with van der Waals surface area (Å²) < 4.78 is 0. The molecule has 1 aromatic heterocycles. The number of unbranched alkanes of at least 4 members (excludes halogenated alkanes) is 4. The number of nitrogens with two attached hydrogens (primary N) is 1. The molecule has 0 aliphatic carbocycles. The molecule has 1 rings (SSSR count). The smallest absolute Gasteiger partial charge is 0.148 e. The first-order valence-corrected chi connectivity index (χ1v) is 6.49. The summed E-state index contributed by atoms with van der Waals surface area (Å²) in [7, 11) is 0. The fourth-order valence-corrected chi connectivity index (χ4v) is 2.14. The third kappa shape index (κ3) is 3.54. The second kappa shape index (κ2) is 6.56. The molecule has 0 fully saturated rings. The highest BCUT2D eigenvalue weighted by molar-refractivity contribution is 5.44. The second-order valence-electron chi connectivity index (χ2n) is 4.82. The number of aryl methyl sites for hydroxylation is 1. The lowest BCUT2D eigenvalue weighted by Crippen LogP contribution is -1.98. The predicted molar refractivity (Wildman–Crippen MR) is 69.6 cm³/mol. The van der Waals surface area contributed by atoms with Gasteiger partial charge in [0.05, 0.1) is 0 Å². The molecule has 92 valence electrons. The molecule has 0 radical (unpaired) electrons. The maximum absolute atomic E-state index is 5.85. The van der Waals surface area contributed by atoms with Crippen LogP contribution in [0.5, 0.6) is 0 Å². The van der Waals surface area contributed by atoms with Gasteiger partial charge >= 0.3 is 0 Å². The highest BCUT2D eigenvalue weighted by atomic mass is 15.2. The molecule has 0 unspecified atom stereocenters. The summed E-state index contributed by atoms with van der Waals surface area (Å²) in [5, 5.41) is 7.18. The average molecular weight is 223 g/mol. The number of nitrogen functional groups attached to an aromatic ring is 1. The molecule has 0 saturated heterocycles. The van der Waals surface area contributed by atoms with Gasteiger partial charge in [-0.25, -0.2) is 0 Å². The van der Waals surface area contributed by atoms with E-state index in [1.807, 2.05) is 0 Å². The first-order chi connectivity index (χ1) is 7.66. The van der Waals surface area contributed by atoms with E-state index >= 15 is 0 Å². The quantitative estimate of drug-likeness (QED) is 0.693. The lowest BCUT2D eigenvalue weighted by atomic mass is 9.99. The Morgan fingerprint density at radius 3 is 2.50 bits per heavy atom. The van der Waals surface area contributed by atoms with Gasteiger partial charge in [-0.15, -0.1) is 0 Å². The summed E-state index contributed by atoms with van der Waals surface area (Å²) in [5.41, 5.74) is 8.31. The molecule has 1 aromatic rings. The van der Waals surface area contributed by atoms with Gasteiger partial charge in [0, 0.05) is 11.3 Å². The van der Waals surface area contributed by atoms with Gasteiger partial charge in [0.2, 0.25) is 0 Å². The van der Waals surface area contributed by atoms with E-state index in [0.29, 0.717) is 11.7 Å². The molecule has 0 bridgehead atoms. The predicted octanol–water partition coefficient (Wildman–Crippen LogP) is 3.63. The number of aromatic amines is 1. The maximum Gasteiger partial charge on any atom is 0.148 e. The molecule has 0 aromatic carbocycles. The summed E-state index contributed by atoms with van der Waals surface area (Å²) in [6, 6.07) is 0. The second-order valence-corrected chi connectivity index (χ2v) is 4.82. The van der Waals surface area contributed by atoms with Crippen molar-refractivity contribution in [3.05, 3.63) is 11.3 Å². The summed E-state index contributed by atoms with van der Waals surface area (Å²) in [6.07, 6.45) is 7.63. The zero-order valence-electron chi connectivity index (χ0n) is 10.8. The largest absolute Gasteiger partial charge is 0.382 e. The fourth-order valence-electron chi connectivity index (χ4n) is 2.14. The Balaban J connectivity index is 2.41. The Morgan fingerprint density at radius 2 is 1.88 bits per heavy atom. The normalized spacial score (nSPS) is 11.2. The van der Waals surface area contributed by atoms with E-state index in [1.165, 1.54) is 43.4 Å². The van der Waals surface area contributed by atoms with Crippen LogP contribution in [0, 0.1) is 0 Å². The maximum atomic E-state index is 5.85. The van der Waals surface area contributed by atoms with Gasteiger partial charge in [0.25, 0.3) is 0 Å². The molecule has 0 aliphatic heterocycles. The van der Waals surface area contributed by atoms with Crippen LogP contribution in [0.1, 0.15) is 70.1 Å². The van der Waals surface area contributed by atoms with Crippen molar-refractivity contribution in [1.82, 2.24) is 10.2 Å². The van der Waals surface area contributed by atoms with Crippen LogP contribution < -0.4 is 5.73 Å². The number of hydrogen-bond acceptors (Lipinski definition) is 2. The molecule has 1 heterocycles. The van der Waals surface area contributed by atoms with Crippen molar-refractivity contribution in [2.75, 3.05) is 5.73 Å². The van der Waals surface area contributed by atoms with Gasteiger partial charge in [-0.1, -0.05) is 46.5 Å². The van der Waals surface area contributed by atoms with Crippen molar-refractivity contribution in [3.63, 3.8) is 0 Å². The first kappa shape index (κ1) is 13.1. The van der Waals surface area contributed by atoms with Crippen molar-refractivity contribution < 1.29 is 0 Å². The van der Waals surface area contributed by atoms with Gasteiger partial charge in [-0.05, 0) is 18.8 Å². The van der Waals surface area contributed by atoms with Crippen LogP contribution in [-0.2, 0) is 6.42 Å². The zero-order valence-corrected chi connectivity index (χ0v) is 10.8. The summed E-state index contributed by atoms with van der Waals surface area (Å²) in [6.45, 7) is 6.58. The van der Waals surface area contributed by atoms with Crippen molar-refractivity contribution in [2.45, 2.75) is 65.2 Å². The topological polar surface area (TPSA) is 54.7 Å². The third-order valence-electron chi connectivity index (χ3n) is 3.02. The van der Waals surface area contributed by atoms with E-state index in [1.54, 1.807) is 0 Å². The van der Waals surface area contributed by atoms with E-state index in [2.05, 4.69) is 31.0 Å². The highest BCUT2D eigenvalue weighted by Gasteiger charge is 2.13. The molecule has 0 aliphatic rings. The third-order valence-corrected chi connectivity index (χ3v) is 3.02. The molecule has 3 N–H and O–H groups in total. The average Bonchev–Trinajstić information content (AvgIpc) is 2.59. The van der Waals surface area contributed by atoms with Crippen LogP contribution in [0.25, 0.3) is 0 Å². The Morgan fingerprint density at radius 1 is 1.19 bits per heavy atom.